The van der Waals surface area contributed by atoms with Gasteiger partial charge in [-0.25, -0.2) is 8.42 Å². The first-order valence-corrected chi connectivity index (χ1v) is 9.78. The smallest absolute Gasteiger partial charge is 0.265 e. The van der Waals surface area contributed by atoms with Gasteiger partial charge in [0.05, 0.1) is 10.6 Å². The number of aryl methyl sites for hydroxylation is 1. The summed E-state index contributed by atoms with van der Waals surface area (Å²) in [7, 11) is -3.42. The van der Waals surface area contributed by atoms with E-state index in [9.17, 15) is 18.0 Å². The summed E-state index contributed by atoms with van der Waals surface area (Å²) in [6.45, 7) is 3.37. The molecule has 0 radical (unpaired) electrons. The summed E-state index contributed by atoms with van der Waals surface area (Å²) >= 11 is 0. The minimum atomic E-state index is -3.42. The zero-order chi connectivity index (χ0) is 19.1. The van der Waals surface area contributed by atoms with Crippen LogP contribution in [0.1, 0.15) is 22.8 Å². The van der Waals surface area contributed by atoms with E-state index in [1.54, 1.807) is 38.1 Å². The zero-order valence-corrected chi connectivity index (χ0v) is 15.3. The Hall–Kier alpha value is -2.87. The first-order valence-electron chi connectivity index (χ1n) is 7.89. The van der Waals surface area contributed by atoms with Crippen LogP contribution in [0.5, 0.6) is 5.75 Å². The molecule has 7 nitrogen and oxygen atoms in total. The lowest BCUT2D eigenvalue weighted by Crippen LogP contribution is -2.34. The predicted octanol–water partition coefficient (Wildman–Crippen LogP) is 2.37. The summed E-state index contributed by atoms with van der Waals surface area (Å²) in [5, 5.41) is 5.42. The van der Waals surface area contributed by atoms with Gasteiger partial charge in [-0.1, -0.05) is 6.07 Å². The number of fused-ring (bicyclic) bond motifs is 1. The van der Waals surface area contributed by atoms with Crippen LogP contribution in [0, 0.1) is 6.92 Å². The van der Waals surface area contributed by atoms with Crippen molar-refractivity contribution in [2.75, 3.05) is 16.9 Å². The Morgan fingerprint density at radius 1 is 1.19 bits per heavy atom. The number of nitrogens with one attached hydrogen (secondary N) is 2. The van der Waals surface area contributed by atoms with Crippen LogP contribution in [-0.2, 0) is 14.6 Å². The normalized spacial score (nSPS) is 16.3. The van der Waals surface area contributed by atoms with E-state index >= 15 is 0 Å². The van der Waals surface area contributed by atoms with E-state index in [1.807, 2.05) is 0 Å². The first-order chi connectivity index (χ1) is 12.1. The Kier molecular flexibility index (Phi) is 4.45. The number of ether oxygens (including phenoxy) is 1. The standard InChI is InChI=1S/C18H18N2O5S/c1-10-4-6-13(26(3,23)24)9-14(10)18(22)19-12-5-7-16-15(8-12)20-17(21)11(2)25-16/h4-9,11H,1-3H3,(H,19,22)(H,20,21)/t11-/m1/s1. The molecule has 1 aliphatic heterocycles. The Balaban J connectivity index is 1.87. The molecule has 0 saturated heterocycles. The van der Waals surface area contributed by atoms with Crippen molar-refractivity contribution in [3.63, 3.8) is 0 Å². The molecule has 0 bridgehead atoms. The minimum absolute atomic E-state index is 0.0772. The second-order valence-corrected chi connectivity index (χ2v) is 8.18. The van der Waals surface area contributed by atoms with Gasteiger partial charge in [0.2, 0.25) is 0 Å². The molecule has 0 unspecified atom stereocenters. The van der Waals surface area contributed by atoms with E-state index in [-0.39, 0.29) is 16.4 Å². The molecule has 1 atom stereocenters. The molecule has 3 rings (SSSR count). The second kappa shape index (κ2) is 6.45. The van der Waals surface area contributed by atoms with Crippen molar-refractivity contribution in [2.45, 2.75) is 24.8 Å². The van der Waals surface area contributed by atoms with Crippen molar-refractivity contribution in [3.8, 4) is 5.75 Å². The van der Waals surface area contributed by atoms with Gasteiger partial charge < -0.3 is 15.4 Å². The molecule has 1 heterocycles. The molecule has 2 N–H and O–H groups in total. The van der Waals surface area contributed by atoms with Crippen molar-refractivity contribution < 1.29 is 22.7 Å². The molecule has 1 aliphatic rings. The van der Waals surface area contributed by atoms with Crippen LogP contribution >= 0.6 is 0 Å². The Bertz CT molecular complexity index is 1010. The molecular weight excluding hydrogens is 356 g/mol. The van der Waals surface area contributed by atoms with Gasteiger partial charge in [-0.05, 0) is 49.7 Å². The molecule has 2 aromatic rings. The van der Waals surface area contributed by atoms with Gasteiger partial charge in [-0.2, -0.15) is 0 Å². The van der Waals surface area contributed by atoms with Crippen LogP contribution in [-0.4, -0.2) is 32.6 Å². The molecule has 0 fully saturated rings. The molecular formula is C18H18N2O5S. The molecule has 2 amide bonds. The number of hydrogen-bond donors (Lipinski definition) is 2. The SMILES string of the molecule is Cc1ccc(S(C)(=O)=O)cc1C(=O)Nc1ccc2c(c1)NC(=O)[C@@H](C)O2. The molecule has 8 heteroatoms. The zero-order valence-electron chi connectivity index (χ0n) is 14.5. The number of carbonyl (C=O) groups excluding carboxylic acids is 2. The highest BCUT2D eigenvalue weighted by Crippen LogP contribution is 2.32. The minimum Gasteiger partial charge on any atom is -0.479 e. The summed E-state index contributed by atoms with van der Waals surface area (Å²) in [5.74, 6) is -0.188. The third kappa shape index (κ3) is 3.55. The monoisotopic (exact) mass is 374 g/mol. The topological polar surface area (TPSA) is 102 Å². The van der Waals surface area contributed by atoms with Crippen LogP contribution in [0.4, 0.5) is 11.4 Å². The number of rotatable bonds is 3. The van der Waals surface area contributed by atoms with E-state index in [2.05, 4.69) is 10.6 Å². The summed E-state index contributed by atoms with van der Waals surface area (Å²) in [6, 6.07) is 9.30. The Morgan fingerprint density at radius 2 is 1.92 bits per heavy atom. The maximum atomic E-state index is 12.6. The van der Waals surface area contributed by atoms with Gasteiger partial charge in [-0.15, -0.1) is 0 Å². The van der Waals surface area contributed by atoms with Crippen LogP contribution in [0.2, 0.25) is 0 Å². The summed E-state index contributed by atoms with van der Waals surface area (Å²) in [4.78, 5) is 24.4. The molecule has 0 aromatic heterocycles. The molecule has 0 spiro atoms. The number of hydrogen-bond acceptors (Lipinski definition) is 5. The number of carbonyl (C=O) groups is 2. The summed E-state index contributed by atoms with van der Waals surface area (Å²) in [5.41, 5.74) is 1.83. The number of benzene rings is 2. The van der Waals surface area contributed by atoms with Gasteiger partial charge in [0.1, 0.15) is 5.75 Å². The van der Waals surface area contributed by atoms with E-state index < -0.39 is 21.8 Å². The second-order valence-electron chi connectivity index (χ2n) is 6.16. The van der Waals surface area contributed by atoms with Crippen LogP contribution in [0.25, 0.3) is 0 Å². The van der Waals surface area contributed by atoms with Crippen molar-refractivity contribution in [1.29, 1.82) is 0 Å². The van der Waals surface area contributed by atoms with Gasteiger partial charge in [0.15, 0.2) is 15.9 Å². The van der Waals surface area contributed by atoms with Crippen molar-refractivity contribution in [3.05, 3.63) is 47.5 Å². The van der Waals surface area contributed by atoms with Gasteiger partial charge in [-0.3, -0.25) is 9.59 Å². The quantitative estimate of drug-likeness (QED) is 0.859. The largest absolute Gasteiger partial charge is 0.479 e. The molecule has 0 saturated carbocycles. The van der Waals surface area contributed by atoms with Gasteiger partial charge in [0.25, 0.3) is 11.8 Å². The lowest BCUT2D eigenvalue weighted by molar-refractivity contribution is -0.122. The van der Waals surface area contributed by atoms with E-state index in [4.69, 9.17) is 4.74 Å². The van der Waals surface area contributed by atoms with Crippen LogP contribution in [0.3, 0.4) is 0 Å². The number of sulfone groups is 1. The van der Waals surface area contributed by atoms with E-state index in [0.717, 1.165) is 6.26 Å². The Labute approximate surface area is 151 Å². The van der Waals surface area contributed by atoms with Gasteiger partial charge in [0, 0.05) is 17.5 Å². The maximum absolute atomic E-state index is 12.6. The molecule has 26 heavy (non-hydrogen) atoms. The fraction of sp³-hybridized carbons (Fsp3) is 0.222. The summed E-state index contributed by atoms with van der Waals surface area (Å²) in [6.07, 6.45) is 0.510. The molecule has 2 aromatic carbocycles. The van der Waals surface area contributed by atoms with Crippen molar-refractivity contribution >= 4 is 33.0 Å². The highest BCUT2D eigenvalue weighted by Gasteiger charge is 2.24. The third-order valence-electron chi connectivity index (χ3n) is 4.05. The average molecular weight is 374 g/mol. The molecule has 0 aliphatic carbocycles. The fourth-order valence-corrected chi connectivity index (χ4v) is 3.21. The van der Waals surface area contributed by atoms with Crippen molar-refractivity contribution in [2.24, 2.45) is 0 Å². The average Bonchev–Trinajstić information content (AvgIpc) is 2.55. The lowest BCUT2D eigenvalue weighted by atomic mass is 10.1. The van der Waals surface area contributed by atoms with Gasteiger partial charge >= 0.3 is 0 Å². The lowest BCUT2D eigenvalue weighted by Gasteiger charge is -2.23. The van der Waals surface area contributed by atoms with Crippen LogP contribution in [0.15, 0.2) is 41.3 Å². The van der Waals surface area contributed by atoms with Crippen molar-refractivity contribution in [1.82, 2.24) is 0 Å². The predicted molar refractivity (Wildman–Crippen MR) is 97.4 cm³/mol. The molecule has 136 valence electrons. The number of anilines is 2. The maximum Gasteiger partial charge on any atom is 0.265 e. The highest BCUT2D eigenvalue weighted by atomic mass is 32.2. The van der Waals surface area contributed by atoms with Crippen LogP contribution < -0.4 is 15.4 Å². The fourth-order valence-electron chi connectivity index (χ4n) is 2.56. The Morgan fingerprint density at radius 3 is 2.62 bits per heavy atom. The van der Waals surface area contributed by atoms with E-state index in [1.165, 1.54) is 12.1 Å². The first kappa shape index (κ1) is 17.9. The summed E-state index contributed by atoms with van der Waals surface area (Å²) < 4.78 is 28.9. The highest BCUT2D eigenvalue weighted by molar-refractivity contribution is 7.90. The number of amides is 2. The van der Waals surface area contributed by atoms with E-state index in [0.29, 0.717) is 22.7 Å². The third-order valence-corrected chi connectivity index (χ3v) is 5.16.